The second-order valence-corrected chi connectivity index (χ2v) is 6.18. The van der Waals surface area contributed by atoms with Gasteiger partial charge >= 0.3 is 0 Å². The lowest BCUT2D eigenvalue weighted by atomic mass is 10.0. The van der Waals surface area contributed by atoms with Gasteiger partial charge in [0.1, 0.15) is 0 Å². The normalized spacial score (nSPS) is 16.2. The number of carbonyl (C=O) groups is 1. The summed E-state index contributed by atoms with van der Waals surface area (Å²) in [7, 11) is 0. The molecule has 0 atom stereocenters. The van der Waals surface area contributed by atoms with Crippen LogP contribution in [0.3, 0.4) is 0 Å². The minimum atomic E-state index is -0.240. The zero-order chi connectivity index (χ0) is 17.1. The van der Waals surface area contributed by atoms with E-state index in [9.17, 15) is 4.79 Å². The maximum atomic E-state index is 12.4. The minimum Gasteiger partial charge on any atom is -0.346 e. The number of carbonyl (C=O) groups excluding carboxylic acids is 1. The molecule has 128 valence electrons. The summed E-state index contributed by atoms with van der Waals surface area (Å²) in [5.41, 5.74) is 1.21. The highest BCUT2D eigenvalue weighted by atomic mass is 16.2. The van der Waals surface area contributed by atoms with Crippen LogP contribution in [-0.2, 0) is 6.54 Å². The standard InChI is InChI=1S/C17H19N7O/c25-16(15-21-17-19-7-2-8-24(17)22-15)20-14-4-9-23(10-5-14)12-13-3-1-6-18-11-13/h1-3,6-8,11,14H,4-5,9-10,12H2,(H,20,25). The van der Waals surface area contributed by atoms with Gasteiger partial charge in [0.05, 0.1) is 0 Å². The van der Waals surface area contributed by atoms with Crippen LogP contribution in [0, 0.1) is 0 Å². The van der Waals surface area contributed by atoms with Crippen molar-refractivity contribution in [2.24, 2.45) is 0 Å². The van der Waals surface area contributed by atoms with Crippen LogP contribution in [0.15, 0.2) is 43.0 Å². The summed E-state index contributed by atoms with van der Waals surface area (Å²) < 4.78 is 1.51. The van der Waals surface area contributed by atoms with Gasteiger partial charge in [-0.05, 0) is 30.5 Å². The first-order chi connectivity index (χ1) is 12.3. The van der Waals surface area contributed by atoms with Crippen LogP contribution in [0.1, 0.15) is 29.0 Å². The molecule has 0 aromatic carbocycles. The SMILES string of the molecule is O=C(NC1CCN(Cc2cccnc2)CC1)c1nc2ncccn2n1. The Kier molecular flexibility index (Phi) is 4.34. The summed E-state index contributed by atoms with van der Waals surface area (Å²) in [6, 6.07) is 5.95. The third kappa shape index (κ3) is 3.63. The Hall–Kier alpha value is -2.87. The molecule has 0 radical (unpaired) electrons. The molecule has 0 saturated carbocycles. The number of amides is 1. The fraction of sp³-hybridized carbons (Fsp3) is 0.353. The zero-order valence-corrected chi connectivity index (χ0v) is 13.7. The highest BCUT2D eigenvalue weighted by molar-refractivity contribution is 5.91. The third-order valence-electron chi connectivity index (χ3n) is 4.37. The number of hydrogen-bond acceptors (Lipinski definition) is 6. The number of pyridine rings is 1. The number of aromatic nitrogens is 5. The Morgan fingerprint density at radius 2 is 2.12 bits per heavy atom. The first-order valence-electron chi connectivity index (χ1n) is 8.37. The number of nitrogens with one attached hydrogen (secondary N) is 1. The average molecular weight is 337 g/mol. The molecule has 8 nitrogen and oxygen atoms in total. The maximum absolute atomic E-state index is 12.4. The monoisotopic (exact) mass is 337 g/mol. The molecule has 0 bridgehead atoms. The van der Waals surface area contributed by atoms with Crippen LogP contribution in [0.2, 0.25) is 0 Å². The van der Waals surface area contributed by atoms with Crippen LogP contribution in [0.5, 0.6) is 0 Å². The van der Waals surface area contributed by atoms with Crippen molar-refractivity contribution in [2.45, 2.75) is 25.4 Å². The van der Waals surface area contributed by atoms with Crippen LogP contribution in [0.4, 0.5) is 0 Å². The summed E-state index contributed by atoms with van der Waals surface area (Å²) >= 11 is 0. The van der Waals surface area contributed by atoms with E-state index in [4.69, 9.17) is 0 Å². The maximum Gasteiger partial charge on any atom is 0.291 e. The fourth-order valence-electron chi connectivity index (χ4n) is 3.06. The summed E-state index contributed by atoms with van der Waals surface area (Å²) in [5.74, 6) is 0.353. The molecule has 1 N–H and O–H groups in total. The molecule has 8 heteroatoms. The highest BCUT2D eigenvalue weighted by Gasteiger charge is 2.23. The molecule has 0 aliphatic carbocycles. The van der Waals surface area contributed by atoms with E-state index in [0.29, 0.717) is 5.78 Å². The number of rotatable bonds is 4. The summed E-state index contributed by atoms with van der Waals surface area (Å²) in [4.78, 5) is 27.1. The van der Waals surface area contributed by atoms with Crippen molar-refractivity contribution in [1.82, 2.24) is 34.8 Å². The van der Waals surface area contributed by atoms with Crippen LogP contribution in [-0.4, -0.2) is 54.5 Å². The molecule has 1 amide bonds. The van der Waals surface area contributed by atoms with Crippen molar-refractivity contribution in [3.63, 3.8) is 0 Å². The van der Waals surface area contributed by atoms with E-state index in [2.05, 4.69) is 36.3 Å². The van der Waals surface area contributed by atoms with Crippen LogP contribution >= 0.6 is 0 Å². The van der Waals surface area contributed by atoms with E-state index in [1.807, 2.05) is 12.3 Å². The van der Waals surface area contributed by atoms with E-state index in [1.165, 1.54) is 10.1 Å². The van der Waals surface area contributed by atoms with Crippen molar-refractivity contribution in [3.8, 4) is 0 Å². The highest BCUT2D eigenvalue weighted by Crippen LogP contribution is 2.14. The molecule has 1 aliphatic heterocycles. The van der Waals surface area contributed by atoms with E-state index in [-0.39, 0.29) is 17.8 Å². The van der Waals surface area contributed by atoms with Crippen molar-refractivity contribution in [2.75, 3.05) is 13.1 Å². The van der Waals surface area contributed by atoms with Crippen molar-refractivity contribution < 1.29 is 4.79 Å². The molecule has 1 saturated heterocycles. The molecule has 4 heterocycles. The third-order valence-corrected chi connectivity index (χ3v) is 4.37. The second kappa shape index (κ2) is 6.94. The van der Waals surface area contributed by atoms with Gasteiger partial charge in [0.25, 0.3) is 11.7 Å². The molecule has 3 aromatic rings. The molecule has 1 aliphatic rings. The van der Waals surface area contributed by atoms with Gasteiger partial charge in [0.15, 0.2) is 0 Å². The second-order valence-electron chi connectivity index (χ2n) is 6.18. The largest absolute Gasteiger partial charge is 0.346 e. The van der Waals surface area contributed by atoms with Crippen LogP contribution < -0.4 is 5.32 Å². The van der Waals surface area contributed by atoms with E-state index >= 15 is 0 Å². The first kappa shape index (κ1) is 15.6. The number of hydrogen-bond donors (Lipinski definition) is 1. The quantitative estimate of drug-likeness (QED) is 0.761. The topological polar surface area (TPSA) is 88.3 Å². The molecule has 1 fully saturated rings. The number of piperidine rings is 1. The first-order valence-corrected chi connectivity index (χ1v) is 8.37. The van der Waals surface area contributed by atoms with Gasteiger partial charge in [0, 0.05) is 50.5 Å². The fourth-order valence-corrected chi connectivity index (χ4v) is 3.06. The van der Waals surface area contributed by atoms with Gasteiger partial charge in [-0.2, -0.15) is 4.98 Å². The van der Waals surface area contributed by atoms with Gasteiger partial charge in [-0.25, -0.2) is 9.50 Å². The number of fused-ring (bicyclic) bond motifs is 1. The smallest absolute Gasteiger partial charge is 0.291 e. The molecule has 4 rings (SSSR count). The zero-order valence-electron chi connectivity index (χ0n) is 13.7. The Bertz CT molecular complexity index is 823. The summed E-state index contributed by atoms with van der Waals surface area (Å²) in [5, 5.41) is 7.20. The lowest BCUT2D eigenvalue weighted by Crippen LogP contribution is -2.44. The Balaban J connectivity index is 1.31. The van der Waals surface area contributed by atoms with E-state index < -0.39 is 0 Å². The van der Waals surface area contributed by atoms with Crippen molar-refractivity contribution in [3.05, 3.63) is 54.4 Å². The summed E-state index contributed by atoms with van der Waals surface area (Å²) in [6.45, 7) is 2.79. The number of nitrogens with zero attached hydrogens (tertiary/aromatic N) is 6. The summed E-state index contributed by atoms with van der Waals surface area (Å²) in [6.07, 6.45) is 8.87. The van der Waals surface area contributed by atoms with Gasteiger partial charge in [-0.15, -0.1) is 5.10 Å². The van der Waals surface area contributed by atoms with Gasteiger partial charge in [-0.3, -0.25) is 14.7 Å². The number of likely N-dealkylation sites (tertiary alicyclic amines) is 1. The Morgan fingerprint density at radius 3 is 2.88 bits per heavy atom. The van der Waals surface area contributed by atoms with Gasteiger partial charge < -0.3 is 5.32 Å². The van der Waals surface area contributed by atoms with Crippen molar-refractivity contribution in [1.29, 1.82) is 0 Å². The lowest BCUT2D eigenvalue weighted by Gasteiger charge is -2.32. The average Bonchev–Trinajstić information content (AvgIpc) is 3.09. The Labute approximate surface area is 144 Å². The van der Waals surface area contributed by atoms with Gasteiger partial charge in [-0.1, -0.05) is 6.07 Å². The predicted molar refractivity (Wildman–Crippen MR) is 90.8 cm³/mol. The van der Waals surface area contributed by atoms with E-state index in [0.717, 1.165) is 32.5 Å². The molecule has 0 unspecified atom stereocenters. The van der Waals surface area contributed by atoms with Gasteiger partial charge in [0.2, 0.25) is 5.82 Å². The Morgan fingerprint density at radius 1 is 1.24 bits per heavy atom. The predicted octanol–water partition coefficient (Wildman–Crippen LogP) is 0.914. The molecule has 0 spiro atoms. The van der Waals surface area contributed by atoms with Crippen molar-refractivity contribution >= 4 is 11.7 Å². The molecular weight excluding hydrogens is 318 g/mol. The minimum absolute atomic E-state index is 0.150. The van der Waals surface area contributed by atoms with E-state index in [1.54, 1.807) is 24.7 Å². The molecular formula is C17H19N7O. The van der Waals surface area contributed by atoms with Crippen LogP contribution in [0.25, 0.3) is 5.78 Å². The lowest BCUT2D eigenvalue weighted by molar-refractivity contribution is 0.0898. The molecule has 25 heavy (non-hydrogen) atoms. The molecule has 3 aromatic heterocycles.